The summed E-state index contributed by atoms with van der Waals surface area (Å²) in [7, 11) is 0. The number of carbonyl (C=O) groups excluding carboxylic acids is 1. The standard InChI is InChI=1S/C8H15NO3/c1-3-4-8(12)7(5-10)9-6(2)11/h3-4,7-8,10,12H,5H2,1-2H3,(H,9,11). The van der Waals surface area contributed by atoms with Gasteiger partial charge in [-0.25, -0.2) is 0 Å². The average molecular weight is 173 g/mol. The first-order valence-corrected chi connectivity index (χ1v) is 3.80. The van der Waals surface area contributed by atoms with Crippen LogP contribution in [0.1, 0.15) is 13.8 Å². The number of aliphatic hydroxyl groups is 2. The maximum absolute atomic E-state index is 10.6. The second-order valence-corrected chi connectivity index (χ2v) is 2.51. The molecule has 0 saturated carbocycles. The monoisotopic (exact) mass is 173 g/mol. The van der Waals surface area contributed by atoms with Crippen molar-refractivity contribution >= 4 is 5.91 Å². The minimum Gasteiger partial charge on any atom is -0.394 e. The summed E-state index contributed by atoms with van der Waals surface area (Å²) in [5.41, 5.74) is 0. The van der Waals surface area contributed by atoms with Crippen LogP contribution in [0.2, 0.25) is 0 Å². The lowest BCUT2D eigenvalue weighted by Gasteiger charge is -2.18. The summed E-state index contributed by atoms with van der Waals surface area (Å²) in [5, 5.41) is 20.5. The van der Waals surface area contributed by atoms with Crippen molar-refractivity contribution in [2.75, 3.05) is 6.61 Å². The normalized spacial score (nSPS) is 16.0. The van der Waals surface area contributed by atoms with Crippen LogP contribution < -0.4 is 5.32 Å². The second-order valence-electron chi connectivity index (χ2n) is 2.51. The van der Waals surface area contributed by atoms with Crippen molar-refractivity contribution < 1.29 is 15.0 Å². The predicted molar refractivity (Wildman–Crippen MR) is 45.5 cm³/mol. The summed E-state index contributed by atoms with van der Waals surface area (Å²) >= 11 is 0. The molecule has 0 saturated heterocycles. The molecule has 0 fully saturated rings. The Kier molecular flexibility index (Phi) is 5.32. The van der Waals surface area contributed by atoms with Gasteiger partial charge in [0, 0.05) is 6.92 Å². The van der Waals surface area contributed by atoms with Gasteiger partial charge in [-0.05, 0) is 6.92 Å². The molecule has 4 nitrogen and oxygen atoms in total. The largest absolute Gasteiger partial charge is 0.394 e. The second kappa shape index (κ2) is 5.74. The lowest BCUT2D eigenvalue weighted by atomic mass is 10.1. The van der Waals surface area contributed by atoms with Crippen LogP contribution in [-0.2, 0) is 4.79 Å². The predicted octanol–water partition coefficient (Wildman–Crippen LogP) is -0.580. The Morgan fingerprint density at radius 1 is 1.67 bits per heavy atom. The number of carbonyl (C=O) groups is 1. The highest BCUT2D eigenvalue weighted by Crippen LogP contribution is 1.94. The van der Waals surface area contributed by atoms with Gasteiger partial charge in [-0.3, -0.25) is 4.79 Å². The van der Waals surface area contributed by atoms with Crippen LogP contribution in [0, 0.1) is 0 Å². The van der Waals surface area contributed by atoms with Crippen LogP contribution in [0.5, 0.6) is 0 Å². The highest BCUT2D eigenvalue weighted by atomic mass is 16.3. The zero-order valence-electron chi connectivity index (χ0n) is 7.32. The summed E-state index contributed by atoms with van der Waals surface area (Å²) < 4.78 is 0. The lowest BCUT2D eigenvalue weighted by molar-refractivity contribution is -0.120. The Hall–Kier alpha value is -0.870. The van der Waals surface area contributed by atoms with Crippen molar-refractivity contribution in [3.8, 4) is 0 Å². The van der Waals surface area contributed by atoms with Crippen molar-refractivity contribution in [1.29, 1.82) is 0 Å². The van der Waals surface area contributed by atoms with Gasteiger partial charge in [0.15, 0.2) is 0 Å². The molecular weight excluding hydrogens is 158 g/mol. The van der Waals surface area contributed by atoms with E-state index in [0.717, 1.165) is 0 Å². The summed E-state index contributed by atoms with van der Waals surface area (Å²) in [6, 6.07) is -0.612. The van der Waals surface area contributed by atoms with E-state index in [-0.39, 0.29) is 12.5 Å². The van der Waals surface area contributed by atoms with Crippen molar-refractivity contribution in [3.05, 3.63) is 12.2 Å². The van der Waals surface area contributed by atoms with E-state index in [4.69, 9.17) is 5.11 Å². The van der Waals surface area contributed by atoms with Crippen LogP contribution >= 0.6 is 0 Å². The summed E-state index contributed by atoms with van der Waals surface area (Å²) in [5.74, 6) is -0.266. The third-order valence-corrected chi connectivity index (χ3v) is 1.39. The molecule has 0 aliphatic carbocycles. The molecule has 70 valence electrons. The maximum Gasteiger partial charge on any atom is 0.217 e. The first-order chi connectivity index (χ1) is 5.61. The summed E-state index contributed by atoms with van der Waals surface area (Å²) in [6.45, 7) is 2.82. The molecule has 0 radical (unpaired) electrons. The maximum atomic E-state index is 10.6. The van der Waals surface area contributed by atoms with E-state index < -0.39 is 12.1 Å². The van der Waals surface area contributed by atoms with Gasteiger partial charge in [-0.1, -0.05) is 12.2 Å². The summed E-state index contributed by atoms with van der Waals surface area (Å²) in [6.07, 6.45) is 2.34. The minimum absolute atomic E-state index is 0.266. The fourth-order valence-electron chi connectivity index (χ4n) is 0.831. The SMILES string of the molecule is CC=CC(O)C(CO)NC(C)=O. The van der Waals surface area contributed by atoms with Crippen molar-refractivity contribution in [3.63, 3.8) is 0 Å². The van der Waals surface area contributed by atoms with Crippen molar-refractivity contribution in [2.45, 2.75) is 26.0 Å². The molecule has 2 atom stereocenters. The van der Waals surface area contributed by atoms with E-state index in [0.29, 0.717) is 0 Å². The highest BCUT2D eigenvalue weighted by molar-refractivity contribution is 5.73. The Labute approximate surface area is 71.9 Å². The van der Waals surface area contributed by atoms with E-state index in [2.05, 4.69) is 5.32 Å². The highest BCUT2D eigenvalue weighted by Gasteiger charge is 2.15. The number of amides is 1. The van der Waals surface area contributed by atoms with Crippen LogP contribution in [0.15, 0.2) is 12.2 Å². The quantitative estimate of drug-likeness (QED) is 0.498. The van der Waals surface area contributed by atoms with E-state index in [1.807, 2.05) is 0 Å². The fraction of sp³-hybridized carbons (Fsp3) is 0.625. The molecule has 0 aromatic heterocycles. The fourth-order valence-corrected chi connectivity index (χ4v) is 0.831. The molecule has 3 N–H and O–H groups in total. The molecule has 0 aromatic rings. The summed E-state index contributed by atoms with van der Waals surface area (Å²) in [4.78, 5) is 10.6. The zero-order chi connectivity index (χ0) is 9.56. The van der Waals surface area contributed by atoms with Crippen LogP contribution in [0.3, 0.4) is 0 Å². The van der Waals surface area contributed by atoms with Gasteiger partial charge in [0.05, 0.1) is 18.8 Å². The van der Waals surface area contributed by atoms with Crippen LogP contribution in [0.4, 0.5) is 0 Å². The number of allylic oxidation sites excluding steroid dienone is 1. The topological polar surface area (TPSA) is 69.6 Å². The van der Waals surface area contributed by atoms with E-state index >= 15 is 0 Å². The van der Waals surface area contributed by atoms with Gasteiger partial charge >= 0.3 is 0 Å². The van der Waals surface area contributed by atoms with Gasteiger partial charge in [-0.2, -0.15) is 0 Å². The van der Waals surface area contributed by atoms with Gasteiger partial charge in [0.1, 0.15) is 0 Å². The molecule has 1 amide bonds. The third-order valence-electron chi connectivity index (χ3n) is 1.39. The molecule has 12 heavy (non-hydrogen) atoms. The Morgan fingerprint density at radius 2 is 2.25 bits per heavy atom. The zero-order valence-corrected chi connectivity index (χ0v) is 7.32. The minimum atomic E-state index is -0.830. The first-order valence-electron chi connectivity index (χ1n) is 3.80. The molecule has 2 unspecified atom stereocenters. The molecule has 0 rings (SSSR count). The molecule has 4 heteroatoms. The molecule has 0 bridgehead atoms. The Morgan fingerprint density at radius 3 is 2.58 bits per heavy atom. The van der Waals surface area contributed by atoms with E-state index in [9.17, 15) is 9.90 Å². The molecule has 0 spiro atoms. The third kappa shape index (κ3) is 4.10. The van der Waals surface area contributed by atoms with Gasteiger partial charge < -0.3 is 15.5 Å². The van der Waals surface area contributed by atoms with E-state index in [1.165, 1.54) is 13.0 Å². The van der Waals surface area contributed by atoms with Gasteiger partial charge in [0.25, 0.3) is 0 Å². The lowest BCUT2D eigenvalue weighted by Crippen LogP contribution is -2.44. The van der Waals surface area contributed by atoms with Crippen LogP contribution in [-0.4, -0.2) is 34.9 Å². The van der Waals surface area contributed by atoms with Gasteiger partial charge in [0.2, 0.25) is 5.91 Å². The smallest absolute Gasteiger partial charge is 0.217 e. The number of hydrogen-bond acceptors (Lipinski definition) is 3. The molecule has 0 heterocycles. The van der Waals surface area contributed by atoms with Crippen molar-refractivity contribution in [2.24, 2.45) is 0 Å². The Bertz CT molecular complexity index is 168. The van der Waals surface area contributed by atoms with Crippen molar-refractivity contribution in [1.82, 2.24) is 5.32 Å². The van der Waals surface area contributed by atoms with Crippen LogP contribution in [0.25, 0.3) is 0 Å². The number of aliphatic hydroxyl groups excluding tert-OH is 2. The molecule has 0 aromatic carbocycles. The average Bonchev–Trinajstić information content (AvgIpc) is 2.00. The molecular formula is C8H15NO3. The molecule has 0 aliphatic rings. The Balaban J connectivity index is 4.04. The number of nitrogens with one attached hydrogen (secondary N) is 1. The van der Waals surface area contributed by atoms with E-state index in [1.54, 1.807) is 13.0 Å². The number of rotatable bonds is 4. The number of hydrogen-bond donors (Lipinski definition) is 3. The van der Waals surface area contributed by atoms with Gasteiger partial charge in [-0.15, -0.1) is 0 Å². The first kappa shape index (κ1) is 11.1. The molecule has 0 aliphatic heterocycles.